The van der Waals surface area contributed by atoms with E-state index in [9.17, 15) is 4.79 Å². The van der Waals surface area contributed by atoms with Crippen molar-refractivity contribution in [1.29, 1.82) is 0 Å². The van der Waals surface area contributed by atoms with Crippen LogP contribution < -0.4 is 19.6 Å². The molecule has 6 nitrogen and oxygen atoms in total. The van der Waals surface area contributed by atoms with Crippen LogP contribution in [0.25, 0.3) is 0 Å². The number of amides is 1. The number of aryl methyl sites for hydroxylation is 2. The molecule has 2 aromatic carbocycles. The second-order valence-electron chi connectivity index (χ2n) is 5.84. The maximum Gasteiger partial charge on any atom is 0.277 e. The van der Waals surface area contributed by atoms with Crippen LogP contribution in [0.1, 0.15) is 22.3 Å². The van der Waals surface area contributed by atoms with Gasteiger partial charge in [0, 0.05) is 11.6 Å². The summed E-state index contributed by atoms with van der Waals surface area (Å²) in [6, 6.07) is 9.34. The first-order valence-electron chi connectivity index (χ1n) is 8.19. The summed E-state index contributed by atoms with van der Waals surface area (Å²) in [6.45, 7) is 5.83. The highest BCUT2D eigenvalue weighted by Crippen LogP contribution is 2.25. The molecule has 0 saturated carbocycles. The maximum absolute atomic E-state index is 12.0. The first kappa shape index (κ1) is 19.3. The lowest BCUT2D eigenvalue weighted by Crippen LogP contribution is -2.25. The molecule has 0 heterocycles. The highest BCUT2D eigenvalue weighted by molar-refractivity contribution is 5.85. The van der Waals surface area contributed by atoms with Gasteiger partial charge in [0.15, 0.2) is 6.61 Å². The zero-order valence-corrected chi connectivity index (χ0v) is 15.8. The third kappa shape index (κ3) is 4.75. The molecule has 0 aliphatic heterocycles. The Bertz CT molecular complexity index is 816. The Balaban J connectivity index is 1.95. The van der Waals surface area contributed by atoms with Gasteiger partial charge in [-0.25, -0.2) is 5.43 Å². The van der Waals surface area contributed by atoms with Crippen molar-refractivity contribution in [3.8, 4) is 17.2 Å². The number of carbonyl (C=O) groups excluding carboxylic acids is 1. The molecule has 26 heavy (non-hydrogen) atoms. The lowest BCUT2D eigenvalue weighted by atomic mass is 10.1. The van der Waals surface area contributed by atoms with Crippen molar-refractivity contribution in [2.45, 2.75) is 20.8 Å². The number of ether oxygens (including phenoxy) is 3. The molecule has 1 amide bonds. The molecule has 0 unspecified atom stereocenters. The van der Waals surface area contributed by atoms with Crippen LogP contribution in [0.2, 0.25) is 0 Å². The third-order valence-corrected chi connectivity index (χ3v) is 4.05. The van der Waals surface area contributed by atoms with Gasteiger partial charge in [-0.3, -0.25) is 4.79 Å². The van der Waals surface area contributed by atoms with Crippen molar-refractivity contribution in [3.63, 3.8) is 0 Å². The zero-order chi connectivity index (χ0) is 19.1. The topological polar surface area (TPSA) is 69.2 Å². The molecule has 2 rings (SSSR count). The number of hydrogen-bond donors (Lipinski definition) is 1. The molecule has 0 saturated heterocycles. The Hall–Kier alpha value is -3.02. The highest BCUT2D eigenvalue weighted by atomic mass is 16.5. The minimum Gasteiger partial charge on any atom is -0.497 e. The molecule has 0 atom stereocenters. The summed E-state index contributed by atoms with van der Waals surface area (Å²) in [5.74, 6) is 1.68. The predicted molar refractivity (Wildman–Crippen MR) is 101 cm³/mol. The molecule has 0 aliphatic carbocycles. The van der Waals surface area contributed by atoms with E-state index in [2.05, 4.69) is 10.5 Å². The smallest absolute Gasteiger partial charge is 0.277 e. The number of rotatable bonds is 7. The summed E-state index contributed by atoms with van der Waals surface area (Å²) < 4.78 is 16.1. The van der Waals surface area contributed by atoms with Gasteiger partial charge in [0.2, 0.25) is 0 Å². The molecule has 0 spiro atoms. The van der Waals surface area contributed by atoms with Crippen molar-refractivity contribution in [2.24, 2.45) is 5.10 Å². The van der Waals surface area contributed by atoms with E-state index < -0.39 is 0 Å². The molecule has 6 heteroatoms. The highest BCUT2D eigenvalue weighted by Gasteiger charge is 2.09. The normalized spacial score (nSPS) is 10.7. The van der Waals surface area contributed by atoms with Crippen molar-refractivity contribution in [3.05, 3.63) is 52.6 Å². The number of nitrogens with one attached hydrogen (secondary N) is 1. The van der Waals surface area contributed by atoms with Crippen LogP contribution in [0.15, 0.2) is 35.4 Å². The Morgan fingerprint density at radius 1 is 1.08 bits per heavy atom. The molecule has 138 valence electrons. The van der Waals surface area contributed by atoms with Crippen LogP contribution >= 0.6 is 0 Å². The molecule has 0 aromatic heterocycles. The van der Waals surface area contributed by atoms with E-state index in [1.807, 2.05) is 32.9 Å². The van der Waals surface area contributed by atoms with Crippen LogP contribution in [0.3, 0.4) is 0 Å². The molecule has 1 N–H and O–H groups in total. The number of methoxy groups -OCH3 is 2. The van der Waals surface area contributed by atoms with Gasteiger partial charge in [0.05, 0.1) is 20.4 Å². The van der Waals surface area contributed by atoms with E-state index >= 15 is 0 Å². The van der Waals surface area contributed by atoms with E-state index in [0.717, 1.165) is 28.0 Å². The molecule has 0 bridgehead atoms. The molecule has 0 radical (unpaired) electrons. The largest absolute Gasteiger partial charge is 0.497 e. The van der Waals surface area contributed by atoms with Crippen LogP contribution in [0.5, 0.6) is 17.2 Å². The Kier molecular flexibility index (Phi) is 6.60. The molecule has 0 aliphatic rings. The fraction of sp³-hybridized carbons (Fsp3) is 0.300. The second kappa shape index (κ2) is 8.89. The van der Waals surface area contributed by atoms with Crippen molar-refractivity contribution in [2.75, 3.05) is 20.8 Å². The quantitative estimate of drug-likeness (QED) is 0.611. The van der Waals surface area contributed by atoms with Gasteiger partial charge >= 0.3 is 0 Å². The van der Waals surface area contributed by atoms with Gasteiger partial charge < -0.3 is 14.2 Å². The Labute approximate surface area is 153 Å². The number of nitrogens with zero attached hydrogens (tertiary/aromatic N) is 1. The summed E-state index contributed by atoms with van der Waals surface area (Å²) in [4.78, 5) is 12.0. The lowest BCUT2D eigenvalue weighted by Gasteiger charge is -2.13. The van der Waals surface area contributed by atoms with E-state index in [4.69, 9.17) is 14.2 Å². The number of hydrogen-bond acceptors (Lipinski definition) is 5. The van der Waals surface area contributed by atoms with E-state index in [0.29, 0.717) is 11.5 Å². The van der Waals surface area contributed by atoms with Crippen LogP contribution in [-0.2, 0) is 4.79 Å². The first-order valence-corrected chi connectivity index (χ1v) is 8.19. The summed E-state index contributed by atoms with van der Waals surface area (Å²) in [5.41, 5.74) is 6.32. The number of hydrazone groups is 1. The summed E-state index contributed by atoms with van der Waals surface area (Å²) in [6.07, 6.45) is 1.51. The SMILES string of the molecule is COc1ccc(/C=N/NC(=O)COc2c(C)ccc(C)c2C)c(OC)c1. The summed E-state index contributed by atoms with van der Waals surface area (Å²) >= 11 is 0. The zero-order valence-electron chi connectivity index (χ0n) is 15.8. The third-order valence-electron chi connectivity index (χ3n) is 4.05. The average Bonchev–Trinajstić information content (AvgIpc) is 2.65. The monoisotopic (exact) mass is 356 g/mol. The van der Waals surface area contributed by atoms with Crippen LogP contribution in [-0.4, -0.2) is 32.9 Å². The summed E-state index contributed by atoms with van der Waals surface area (Å²) in [5, 5.41) is 3.95. The fourth-order valence-corrected chi connectivity index (χ4v) is 2.42. The first-order chi connectivity index (χ1) is 12.5. The van der Waals surface area contributed by atoms with Gasteiger partial charge in [-0.15, -0.1) is 0 Å². The molecular formula is C20H24N2O4. The van der Waals surface area contributed by atoms with Gasteiger partial charge in [0.25, 0.3) is 5.91 Å². The standard InChI is InChI=1S/C20H24N2O4/c1-13-6-7-14(2)20(15(13)3)26-12-19(23)22-21-11-16-8-9-17(24-4)10-18(16)25-5/h6-11H,12H2,1-5H3,(H,22,23)/b21-11+. The van der Waals surface area contributed by atoms with Gasteiger partial charge in [-0.05, 0) is 49.6 Å². The molecular weight excluding hydrogens is 332 g/mol. The van der Waals surface area contributed by atoms with Gasteiger partial charge in [0.1, 0.15) is 17.2 Å². The van der Waals surface area contributed by atoms with E-state index in [-0.39, 0.29) is 12.5 Å². The fourth-order valence-electron chi connectivity index (χ4n) is 2.42. The molecule has 2 aromatic rings. The maximum atomic E-state index is 12.0. The van der Waals surface area contributed by atoms with E-state index in [1.165, 1.54) is 6.21 Å². The second-order valence-corrected chi connectivity index (χ2v) is 5.84. The van der Waals surface area contributed by atoms with E-state index in [1.54, 1.807) is 32.4 Å². The van der Waals surface area contributed by atoms with Gasteiger partial charge in [-0.1, -0.05) is 12.1 Å². The molecule has 0 fully saturated rings. The van der Waals surface area contributed by atoms with Gasteiger partial charge in [-0.2, -0.15) is 5.10 Å². The number of carbonyl (C=O) groups is 1. The van der Waals surface area contributed by atoms with Crippen molar-refractivity contribution in [1.82, 2.24) is 5.43 Å². The predicted octanol–water partition coefficient (Wildman–Crippen LogP) is 3.16. The Morgan fingerprint density at radius 3 is 2.50 bits per heavy atom. The van der Waals surface area contributed by atoms with Crippen molar-refractivity contribution >= 4 is 12.1 Å². The van der Waals surface area contributed by atoms with Crippen molar-refractivity contribution < 1.29 is 19.0 Å². The lowest BCUT2D eigenvalue weighted by molar-refractivity contribution is -0.123. The number of benzene rings is 2. The average molecular weight is 356 g/mol. The Morgan fingerprint density at radius 2 is 1.81 bits per heavy atom. The van der Waals surface area contributed by atoms with Crippen LogP contribution in [0, 0.1) is 20.8 Å². The minimum absolute atomic E-state index is 0.109. The summed E-state index contributed by atoms with van der Waals surface area (Å²) in [7, 11) is 3.14. The van der Waals surface area contributed by atoms with Crippen LogP contribution in [0.4, 0.5) is 0 Å². The minimum atomic E-state index is -0.339.